The van der Waals surface area contributed by atoms with E-state index in [1.807, 2.05) is 0 Å². The van der Waals surface area contributed by atoms with Crippen molar-refractivity contribution >= 4 is 64.0 Å². The van der Waals surface area contributed by atoms with Crippen LogP contribution in [0.4, 0.5) is 0 Å². The molecule has 0 bridgehead atoms. The van der Waals surface area contributed by atoms with E-state index in [9.17, 15) is 33.7 Å². The molecule has 360 valence electrons. The van der Waals surface area contributed by atoms with E-state index >= 15 is 0 Å². The Balaban J connectivity index is -0.000000311. The molecule has 32 heteroatoms. The van der Waals surface area contributed by atoms with Gasteiger partial charge in [0, 0.05) is 80.1 Å². The zero-order chi connectivity index (χ0) is 48.2. The van der Waals surface area contributed by atoms with Crippen LogP contribution in [0.15, 0.2) is 0 Å². The number of rotatable bonds is 4. The lowest BCUT2D eigenvalue weighted by Gasteiger charge is -2.24. The van der Waals surface area contributed by atoms with Crippen molar-refractivity contribution in [3.05, 3.63) is 0 Å². The number of nitrogens with one attached hydrogen (secondary N) is 4. The first-order valence-corrected chi connectivity index (χ1v) is 23.8. The summed E-state index contributed by atoms with van der Waals surface area (Å²) in [7, 11) is -13.9. The summed E-state index contributed by atoms with van der Waals surface area (Å²) in [5, 5.41) is 94.1. The van der Waals surface area contributed by atoms with E-state index in [2.05, 4.69) is 21.3 Å². The molecule has 4 fully saturated rings. The van der Waals surface area contributed by atoms with Gasteiger partial charge in [-0.05, 0) is 25.7 Å². The number of aliphatic hydroxyl groups is 4. The molecule has 8 atom stereocenters. The summed E-state index contributed by atoms with van der Waals surface area (Å²) in [5.41, 5.74) is 0. The Morgan fingerprint density at radius 1 is 0.367 bits per heavy atom. The summed E-state index contributed by atoms with van der Waals surface area (Å²) >= 11 is 0. The second-order valence-electron chi connectivity index (χ2n) is 13.1. The molecule has 0 aliphatic carbocycles. The van der Waals surface area contributed by atoms with Crippen molar-refractivity contribution in [2.24, 2.45) is 20.6 Å². The maximum absolute atomic E-state index is 10.8. The largest absolute Gasteiger partial charge is 0.481 e. The Hall–Kier alpha value is -2.80. The highest BCUT2D eigenvalue weighted by Gasteiger charge is 2.30. The zero-order valence-electron chi connectivity index (χ0n) is 33.5. The van der Waals surface area contributed by atoms with Crippen LogP contribution in [0, 0.1) is 0 Å². The fourth-order valence-electron chi connectivity index (χ4n) is 4.53. The van der Waals surface area contributed by atoms with Gasteiger partial charge in [-0.2, -0.15) is 0 Å². The van der Waals surface area contributed by atoms with Crippen LogP contribution in [0.5, 0.6) is 0 Å². The molecule has 0 spiro atoms. The van der Waals surface area contributed by atoms with Gasteiger partial charge in [0.25, 0.3) is 23.9 Å². The van der Waals surface area contributed by atoms with E-state index < -0.39 is 109 Å². The van der Waals surface area contributed by atoms with Gasteiger partial charge in [0.05, 0.1) is 45.4 Å². The molecule has 0 aromatic heterocycles. The van der Waals surface area contributed by atoms with Crippen LogP contribution >= 0.6 is 0 Å². The van der Waals surface area contributed by atoms with E-state index in [1.165, 1.54) is 0 Å². The smallest absolute Gasteiger partial charge is 0.300 e. The highest BCUT2D eigenvalue weighted by atomic mass is 32.2. The van der Waals surface area contributed by atoms with Crippen LogP contribution in [0.2, 0.25) is 0 Å². The quantitative estimate of drug-likeness (QED) is 0.124. The normalized spacial score (nSPS) is 26.3. The minimum Gasteiger partial charge on any atom is -0.481 e. The monoisotopic (exact) mass is 960 g/mol. The van der Waals surface area contributed by atoms with Crippen LogP contribution in [-0.2, 0) is 59.3 Å². The summed E-state index contributed by atoms with van der Waals surface area (Å²) in [6.07, 6.45) is -1.40. The molecule has 60 heavy (non-hydrogen) atoms. The van der Waals surface area contributed by atoms with Crippen LogP contribution < -0.4 is 41.8 Å². The fourth-order valence-corrected chi connectivity index (χ4v) is 7.89. The third-order valence-corrected chi connectivity index (χ3v) is 12.2. The predicted octanol–water partition coefficient (Wildman–Crippen LogP) is -7.65. The Morgan fingerprint density at radius 3 is 0.550 bits per heavy atom. The molecule has 4 aliphatic rings. The van der Waals surface area contributed by atoms with Gasteiger partial charge in [-0.15, -0.1) is 0 Å². The second kappa shape index (κ2) is 32.0. The van der Waals surface area contributed by atoms with Gasteiger partial charge in [0.1, 0.15) is 0 Å². The molecule has 28 nitrogen and oxygen atoms in total. The molecule has 4 aliphatic heterocycles. The average Bonchev–Trinajstić information content (AvgIpc) is 3.03. The number of carbonyl (C=O) groups is 4. The van der Waals surface area contributed by atoms with Crippen molar-refractivity contribution in [1.29, 1.82) is 0 Å². The Bertz CT molecular complexity index is 1440. The number of β-amino-alcohol motifs (C(OH)–C–C–N with tert-alkyl or cyclic N) is 4. The van der Waals surface area contributed by atoms with E-state index in [1.54, 1.807) is 0 Å². The summed E-state index contributed by atoms with van der Waals surface area (Å²) in [6.45, 7) is 7.51. The number of sulfonamides is 4. The zero-order valence-corrected chi connectivity index (χ0v) is 36.8. The number of piperidine rings is 4. The second-order valence-corrected chi connectivity index (χ2v) is 20.5. The molecule has 4 rings (SSSR count). The maximum atomic E-state index is 10.8. The minimum absolute atomic E-state index is 0.242. The number of hydrogen-bond donors (Lipinski definition) is 16. The lowest BCUT2D eigenvalue weighted by molar-refractivity contribution is -0.135. The number of hydrogen-bond acceptors (Lipinski definition) is 20. The van der Waals surface area contributed by atoms with Crippen LogP contribution in [0.1, 0.15) is 53.4 Å². The molecule has 4 heterocycles. The maximum Gasteiger partial charge on any atom is 0.300 e. The van der Waals surface area contributed by atoms with Crippen molar-refractivity contribution in [1.82, 2.24) is 21.3 Å². The standard InChI is InChI=1S/4C5H12N2O3S.4C2H4O2/c4*6-11(9,10)5-1-4(8)2-7-3-5;4*1-2(3)4/h4*4-5,7-8H,1-3H2,(H2,6,9,10);4*1H3,(H,3,4)/t2*4-,5+;2*4-,5-;;;;/m1010..../s1. The lowest BCUT2D eigenvalue weighted by atomic mass is 10.1. The van der Waals surface area contributed by atoms with Crippen molar-refractivity contribution in [3.63, 3.8) is 0 Å². The van der Waals surface area contributed by atoms with Gasteiger partial charge in [0.2, 0.25) is 40.1 Å². The topological polar surface area (TPSA) is 519 Å². The predicted molar refractivity (Wildman–Crippen MR) is 215 cm³/mol. The summed E-state index contributed by atoms with van der Waals surface area (Å²) in [5.74, 6) is -3.33. The molecule has 0 amide bonds. The third-order valence-electron chi connectivity index (χ3n) is 7.01. The number of nitrogens with two attached hydrogens (primary N) is 4. The van der Waals surface area contributed by atoms with Crippen molar-refractivity contribution < 1.29 is 93.7 Å². The molecular formula is C28H64N8O20S4. The molecule has 0 unspecified atom stereocenters. The SMILES string of the molecule is CC(=O)O.CC(=O)O.CC(=O)O.CC(=O)O.NS(=O)(=O)[C@@H]1CNC[C@@H](O)C1.NS(=O)(=O)[C@@H]1CNC[C@H](O)C1.NS(=O)(=O)[C@H]1CNC[C@@H](O)C1.NS(=O)(=O)[C@H]1CNC[C@H](O)C1. The first-order valence-electron chi connectivity index (χ1n) is 17.3. The van der Waals surface area contributed by atoms with Crippen LogP contribution in [0.25, 0.3) is 0 Å². The highest BCUT2D eigenvalue weighted by Crippen LogP contribution is 2.11. The van der Waals surface area contributed by atoms with E-state index in [0.717, 1.165) is 27.7 Å². The average molecular weight is 961 g/mol. The third kappa shape index (κ3) is 43.3. The number of aliphatic hydroxyl groups excluding tert-OH is 4. The number of carboxylic acids is 4. The Morgan fingerprint density at radius 2 is 0.483 bits per heavy atom. The number of aliphatic carboxylic acids is 4. The Labute approximate surface area is 349 Å². The van der Waals surface area contributed by atoms with E-state index in [-0.39, 0.29) is 25.7 Å². The molecule has 4 saturated heterocycles. The molecule has 0 aromatic carbocycles. The molecule has 20 N–H and O–H groups in total. The van der Waals surface area contributed by atoms with Gasteiger partial charge in [-0.3, -0.25) is 19.2 Å². The molecular weight excluding hydrogens is 897 g/mol. The van der Waals surface area contributed by atoms with Crippen molar-refractivity contribution in [2.75, 3.05) is 52.4 Å². The van der Waals surface area contributed by atoms with Crippen LogP contribution in [0.3, 0.4) is 0 Å². The molecule has 0 aromatic rings. The van der Waals surface area contributed by atoms with Crippen molar-refractivity contribution in [2.45, 2.75) is 98.8 Å². The summed E-state index contributed by atoms with van der Waals surface area (Å²) in [6, 6.07) is 0. The van der Waals surface area contributed by atoms with E-state index in [4.69, 9.17) is 80.6 Å². The van der Waals surface area contributed by atoms with Crippen molar-refractivity contribution in [3.8, 4) is 0 Å². The number of primary sulfonamides is 4. The molecule has 0 radical (unpaired) electrons. The van der Waals surface area contributed by atoms with Gasteiger partial charge in [-0.25, -0.2) is 54.2 Å². The lowest BCUT2D eigenvalue weighted by Crippen LogP contribution is -2.47. The van der Waals surface area contributed by atoms with Gasteiger partial charge in [0.15, 0.2) is 0 Å². The molecule has 0 saturated carbocycles. The first-order chi connectivity index (χ1) is 26.9. The van der Waals surface area contributed by atoms with Gasteiger partial charge >= 0.3 is 0 Å². The first kappa shape index (κ1) is 63.8. The summed E-state index contributed by atoms with van der Waals surface area (Å²) < 4.78 is 86.1. The number of carboxylic acid groups (broad SMARTS) is 4. The highest BCUT2D eigenvalue weighted by molar-refractivity contribution is 7.90. The van der Waals surface area contributed by atoms with E-state index in [0.29, 0.717) is 52.4 Å². The van der Waals surface area contributed by atoms with Crippen LogP contribution in [-0.4, -0.2) is 196 Å². The fraction of sp³-hybridized carbons (Fsp3) is 0.857. The minimum atomic E-state index is -3.48. The van der Waals surface area contributed by atoms with Gasteiger partial charge in [-0.1, -0.05) is 0 Å². The Kier molecular flexibility index (Phi) is 34.0. The van der Waals surface area contributed by atoms with Gasteiger partial charge < -0.3 is 62.1 Å². The summed E-state index contributed by atoms with van der Waals surface area (Å²) in [4.78, 5) is 36.0.